The number of benzene rings is 2. The Bertz CT molecular complexity index is 977. The van der Waals surface area contributed by atoms with E-state index >= 15 is 0 Å². The third-order valence-corrected chi connectivity index (χ3v) is 4.48. The fourth-order valence-corrected chi connectivity index (χ4v) is 3.04. The lowest BCUT2D eigenvalue weighted by Crippen LogP contribution is -2.34. The molecule has 0 spiro atoms. The van der Waals surface area contributed by atoms with E-state index < -0.39 is 17.6 Å². The number of anilines is 1. The molecule has 0 fully saturated rings. The quantitative estimate of drug-likeness (QED) is 0.428. The maximum Gasteiger partial charge on any atom is 0.418 e. The van der Waals surface area contributed by atoms with Gasteiger partial charge < -0.3 is 10.2 Å². The van der Waals surface area contributed by atoms with Gasteiger partial charge in [0.05, 0.1) is 11.3 Å². The van der Waals surface area contributed by atoms with Crippen LogP contribution in [-0.2, 0) is 19.3 Å². The Hall–Kier alpha value is -3.00. The van der Waals surface area contributed by atoms with Crippen LogP contribution in [0.5, 0.6) is 0 Å². The van der Waals surface area contributed by atoms with E-state index in [1.165, 1.54) is 30.3 Å². The summed E-state index contributed by atoms with van der Waals surface area (Å²) in [5, 5.41) is 2.79. The van der Waals surface area contributed by atoms with Gasteiger partial charge in [-0.05, 0) is 53.7 Å². The van der Waals surface area contributed by atoms with Crippen molar-refractivity contribution in [3.05, 3.63) is 95.6 Å². The van der Waals surface area contributed by atoms with Crippen LogP contribution in [-0.4, -0.2) is 15.0 Å². The van der Waals surface area contributed by atoms with Gasteiger partial charge in [0.1, 0.15) is 5.82 Å². The van der Waals surface area contributed by atoms with Crippen molar-refractivity contribution in [3.63, 3.8) is 0 Å². The van der Waals surface area contributed by atoms with Crippen molar-refractivity contribution in [2.75, 3.05) is 5.32 Å². The first kappa shape index (κ1) is 20.7. The Balaban J connectivity index is 1.86. The number of pyridine rings is 1. The van der Waals surface area contributed by atoms with Gasteiger partial charge in [-0.25, -0.2) is 4.39 Å². The highest BCUT2D eigenvalue weighted by Gasteiger charge is 2.33. The number of hydrogen-bond acceptors (Lipinski definition) is 2. The molecule has 0 saturated heterocycles. The summed E-state index contributed by atoms with van der Waals surface area (Å²) in [5.74, 6) is -0.398. The summed E-state index contributed by atoms with van der Waals surface area (Å²) in [6, 6.07) is 14.7. The maximum atomic E-state index is 13.6. The predicted octanol–water partition coefficient (Wildman–Crippen LogP) is 5.64. The van der Waals surface area contributed by atoms with Crippen molar-refractivity contribution in [3.8, 4) is 0 Å². The summed E-state index contributed by atoms with van der Waals surface area (Å²) in [7, 11) is 0. The van der Waals surface area contributed by atoms with Gasteiger partial charge in [0, 0.05) is 25.5 Å². The van der Waals surface area contributed by atoms with Crippen molar-refractivity contribution in [1.82, 2.24) is 9.88 Å². The van der Waals surface area contributed by atoms with Crippen LogP contribution in [0.15, 0.2) is 73.1 Å². The van der Waals surface area contributed by atoms with Gasteiger partial charge in [-0.1, -0.05) is 30.3 Å². The molecule has 0 bridgehead atoms. The van der Waals surface area contributed by atoms with Crippen molar-refractivity contribution < 1.29 is 17.6 Å². The van der Waals surface area contributed by atoms with Crippen LogP contribution in [0.4, 0.5) is 23.2 Å². The Morgan fingerprint density at radius 2 is 1.69 bits per heavy atom. The second kappa shape index (κ2) is 9.00. The van der Waals surface area contributed by atoms with Crippen LogP contribution in [0.3, 0.4) is 0 Å². The summed E-state index contributed by atoms with van der Waals surface area (Å²) >= 11 is 5.40. The van der Waals surface area contributed by atoms with Crippen molar-refractivity contribution in [1.29, 1.82) is 0 Å². The number of para-hydroxylation sites is 1. The first-order chi connectivity index (χ1) is 13.8. The van der Waals surface area contributed by atoms with Crippen LogP contribution in [0.1, 0.15) is 16.7 Å². The fourth-order valence-electron chi connectivity index (χ4n) is 2.80. The summed E-state index contributed by atoms with van der Waals surface area (Å²) < 4.78 is 53.4. The maximum absolute atomic E-state index is 13.6. The molecule has 3 rings (SSSR count). The summed E-state index contributed by atoms with van der Waals surface area (Å²) in [4.78, 5) is 5.71. The molecule has 1 N–H and O–H groups in total. The Morgan fingerprint density at radius 3 is 2.38 bits per heavy atom. The van der Waals surface area contributed by atoms with Crippen molar-refractivity contribution in [2.24, 2.45) is 0 Å². The molecular weight excluding hydrogens is 402 g/mol. The van der Waals surface area contributed by atoms with E-state index in [-0.39, 0.29) is 17.3 Å². The van der Waals surface area contributed by atoms with Crippen LogP contribution >= 0.6 is 12.2 Å². The van der Waals surface area contributed by atoms with E-state index in [4.69, 9.17) is 12.2 Å². The van der Waals surface area contributed by atoms with Gasteiger partial charge >= 0.3 is 6.18 Å². The highest BCUT2D eigenvalue weighted by atomic mass is 32.1. The van der Waals surface area contributed by atoms with E-state index in [2.05, 4.69) is 10.3 Å². The third-order valence-electron chi connectivity index (χ3n) is 4.12. The highest BCUT2D eigenvalue weighted by molar-refractivity contribution is 7.80. The minimum Gasteiger partial charge on any atom is -0.340 e. The standard InChI is InChI=1S/C21H17F4N3S/c22-17-7-3-5-15(11-17)13-28(14-16-6-4-10-26-12-16)20(29)27-19-9-2-1-8-18(19)21(23,24)25/h1-12H,13-14H2,(H,27,29). The SMILES string of the molecule is Fc1cccc(CN(Cc2cccnc2)C(=S)Nc2ccccc2C(F)(F)F)c1. The molecule has 150 valence electrons. The molecule has 2 aromatic carbocycles. The molecule has 0 amide bonds. The van der Waals surface area contributed by atoms with Crippen LogP contribution in [0.25, 0.3) is 0 Å². The number of aromatic nitrogens is 1. The first-order valence-corrected chi connectivity index (χ1v) is 9.09. The van der Waals surface area contributed by atoms with E-state index in [1.54, 1.807) is 35.5 Å². The fraction of sp³-hybridized carbons (Fsp3) is 0.143. The largest absolute Gasteiger partial charge is 0.418 e. The van der Waals surface area contributed by atoms with Crippen LogP contribution < -0.4 is 5.32 Å². The molecule has 3 nitrogen and oxygen atoms in total. The molecule has 0 radical (unpaired) electrons. The average molecular weight is 419 g/mol. The topological polar surface area (TPSA) is 28.2 Å². The number of nitrogens with one attached hydrogen (secondary N) is 1. The van der Waals surface area contributed by atoms with Crippen LogP contribution in [0.2, 0.25) is 0 Å². The average Bonchev–Trinajstić information content (AvgIpc) is 2.68. The molecule has 1 aromatic heterocycles. The molecule has 8 heteroatoms. The van der Waals surface area contributed by atoms with Gasteiger partial charge in [0.2, 0.25) is 0 Å². The molecular formula is C21H17F4N3S. The molecule has 0 aliphatic rings. The van der Waals surface area contributed by atoms with Gasteiger partial charge in [-0.3, -0.25) is 4.98 Å². The number of nitrogens with zero attached hydrogens (tertiary/aromatic N) is 2. The van der Waals surface area contributed by atoms with Gasteiger partial charge in [0.25, 0.3) is 0 Å². The van der Waals surface area contributed by atoms with E-state index in [9.17, 15) is 17.6 Å². The third kappa shape index (κ3) is 5.74. The lowest BCUT2D eigenvalue weighted by atomic mass is 10.1. The number of hydrogen-bond donors (Lipinski definition) is 1. The minimum absolute atomic E-state index is 0.0924. The van der Waals surface area contributed by atoms with Crippen molar-refractivity contribution in [2.45, 2.75) is 19.3 Å². The Kier molecular flexibility index (Phi) is 6.43. The van der Waals surface area contributed by atoms with Gasteiger partial charge in [-0.2, -0.15) is 13.2 Å². The number of rotatable bonds is 5. The molecule has 0 aliphatic heterocycles. The number of thiocarbonyl (C=S) groups is 1. The Labute approximate surface area is 171 Å². The van der Waals surface area contributed by atoms with E-state index in [0.717, 1.165) is 11.6 Å². The summed E-state index contributed by atoms with van der Waals surface area (Å²) in [6.45, 7) is 0.511. The monoisotopic (exact) mass is 419 g/mol. The highest BCUT2D eigenvalue weighted by Crippen LogP contribution is 2.34. The second-order valence-electron chi connectivity index (χ2n) is 6.32. The molecule has 3 aromatic rings. The summed E-state index contributed by atoms with van der Waals surface area (Å²) in [5.41, 5.74) is 0.508. The van der Waals surface area contributed by atoms with Crippen molar-refractivity contribution >= 4 is 23.0 Å². The normalized spacial score (nSPS) is 11.2. The number of alkyl halides is 3. The lowest BCUT2D eigenvalue weighted by Gasteiger charge is -2.27. The first-order valence-electron chi connectivity index (χ1n) is 8.68. The zero-order valence-electron chi connectivity index (χ0n) is 15.2. The molecule has 0 unspecified atom stereocenters. The zero-order valence-corrected chi connectivity index (χ0v) is 16.0. The van der Waals surface area contributed by atoms with E-state index in [1.807, 2.05) is 6.07 Å². The molecule has 1 heterocycles. The van der Waals surface area contributed by atoms with Gasteiger partial charge in [-0.15, -0.1) is 0 Å². The molecule has 0 aliphatic carbocycles. The van der Waals surface area contributed by atoms with Crippen LogP contribution in [0, 0.1) is 5.82 Å². The molecule has 0 saturated carbocycles. The second-order valence-corrected chi connectivity index (χ2v) is 6.71. The zero-order chi connectivity index (χ0) is 20.9. The van der Waals surface area contributed by atoms with E-state index in [0.29, 0.717) is 12.1 Å². The molecule has 0 atom stereocenters. The minimum atomic E-state index is -4.52. The smallest absolute Gasteiger partial charge is 0.340 e. The number of halogens is 4. The summed E-state index contributed by atoms with van der Waals surface area (Å²) in [6.07, 6.45) is -1.25. The van der Waals surface area contributed by atoms with Gasteiger partial charge in [0.15, 0.2) is 5.11 Å². The predicted molar refractivity (Wildman–Crippen MR) is 108 cm³/mol. The molecule has 29 heavy (non-hydrogen) atoms. The Morgan fingerprint density at radius 1 is 0.966 bits per heavy atom. The lowest BCUT2D eigenvalue weighted by molar-refractivity contribution is -0.136.